The van der Waals surface area contributed by atoms with Crippen molar-refractivity contribution in [1.29, 1.82) is 0 Å². The fraction of sp³-hybridized carbons (Fsp3) is 0.0714. The smallest absolute Gasteiger partial charge is 0.260 e. The number of nitrogens with zero attached hydrogens (tertiary/aromatic N) is 3. The van der Waals surface area contributed by atoms with E-state index in [0.717, 1.165) is 14.8 Å². The number of hydrogen-bond donors (Lipinski definition) is 2. The summed E-state index contributed by atoms with van der Waals surface area (Å²) in [4.78, 5) is 12.2. The van der Waals surface area contributed by atoms with Crippen molar-refractivity contribution in [3.63, 3.8) is 0 Å². The van der Waals surface area contributed by atoms with Gasteiger partial charge in [0.2, 0.25) is 0 Å². The van der Waals surface area contributed by atoms with Crippen molar-refractivity contribution in [3.8, 4) is 5.69 Å². The highest BCUT2D eigenvalue weighted by Gasteiger charge is 2.12. The molecule has 0 saturated heterocycles. The number of amides is 1. The third-order valence-electron chi connectivity index (χ3n) is 3.04. The highest BCUT2D eigenvalue weighted by atomic mass is 127. The Balaban J connectivity index is 1.84. The number of H-pyrrole nitrogens is 1. The van der Waals surface area contributed by atoms with E-state index in [9.17, 15) is 4.79 Å². The molecule has 0 bridgehead atoms. The van der Waals surface area contributed by atoms with Crippen LogP contribution in [-0.4, -0.2) is 25.9 Å². The molecule has 0 fully saturated rings. The Morgan fingerprint density at radius 1 is 1.33 bits per heavy atom. The highest BCUT2D eigenvalue weighted by molar-refractivity contribution is 14.1. The zero-order valence-corrected chi connectivity index (χ0v) is 13.3. The van der Waals surface area contributed by atoms with Crippen molar-refractivity contribution in [3.05, 3.63) is 57.6 Å². The average Bonchev–Trinajstić information content (AvgIpc) is 3.09. The molecule has 6 nitrogen and oxygen atoms in total. The van der Waals surface area contributed by atoms with Crippen molar-refractivity contribution in [2.45, 2.75) is 6.92 Å². The molecule has 3 rings (SSSR count). The largest absolute Gasteiger partial charge is 0.306 e. The van der Waals surface area contributed by atoms with Crippen LogP contribution in [0.1, 0.15) is 15.9 Å². The van der Waals surface area contributed by atoms with Crippen molar-refractivity contribution in [2.75, 3.05) is 5.32 Å². The van der Waals surface area contributed by atoms with Gasteiger partial charge in [-0.15, -0.1) is 0 Å². The van der Waals surface area contributed by atoms with Gasteiger partial charge in [0.15, 0.2) is 0 Å². The van der Waals surface area contributed by atoms with Crippen molar-refractivity contribution in [2.24, 2.45) is 0 Å². The third-order valence-corrected chi connectivity index (χ3v) is 3.86. The van der Waals surface area contributed by atoms with Gasteiger partial charge >= 0.3 is 0 Å². The molecule has 21 heavy (non-hydrogen) atoms. The van der Waals surface area contributed by atoms with Crippen molar-refractivity contribution in [1.82, 2.24) is 20.0 Å². The van der Waals surface area contributed by atoms with E-state index in [4.69, 9.17) is 0 Å². The number of anilines is 1. The van der Waals surface area contributed by atoms with Crippen LogP contribution >= 0.6 is 22.6 Å². The minimum atomic E-state index is -0.225. The van der Waals surface area contributed by atoms with Gasteiger partial charge in [0.05, 0.1) is 27.2 Å². The van der Waals surface area contributed by atoms with Gasteiger partial charge in [-0.05, 0) is 41.1 Å². The minimum absolute atomic E-state index is 0.225. The molecule has 2 heterocycles. The third kappa shape index (κ3) is 2.82. The summed E-state index contributed by atoms with van der Waals surface area (Å²) >= 11 is 2.10. The first-order valence-electron chi connectivity index (χ1n) is 6.26. The molecule has 1 amide bonds. The van der Waals surface area contributed by atoms with E-state index in [0.29, 0.717) is 11.4 Å². The second kappa shape index (κ2) is 5.68. The number of halogens is 1. The summed E-state index contributed by atoms with van der Waals surface area (Å²) in [6.45, 7) is 2.00. The normalized spacial score (nSPS) is 10.6. The second-order valence-corrected chi connectivity index (χ2v) is 5.67. The zero-order chi connectivity index (χ0) is 14.8. The molecule has 0 aliphatic carbocycles. The average molecular weight is 393 g/mol. The number of benzene rings is 1. The number of carbonyl (C=O) groups excluding carboxylic acids is 1. The van der Waals surface area contributed by atoms with Crippen LogP contribution in [0.4, 0.5) is 5.82 Å². The molecule has 0 atom stereocenters. The summed E-state index contributed by atoms with van der Waals surface area (Å²) < 4.78 is 2.55. The SMILES string of the molecule is Cc1ccccc1-n1cc(C(=O)Nc2[nH]ncc2I)cn1. The van der Waals surface area contributed by atoms with E-state index in [1.54, 1.807) is 23.3 Å². The molecule has 7 heteroatoms. The first kappa shape index (κ1) is 13.8. The maximum atomic E-state index is 12.2. The van der Waals surface area contributed by atoms with E-state index in [1.807, 2.05) is 31.2 Å². The summed E-state index contributed by atoms with van der Waals surface area (Å²) in [6, 6.07) is 7.87. The van der Waals surface area contributed by atoms with Crippen LogP contribution in [0.5, 0.6) is 0 Å². The Morgan fingerprint density at radius 2 is 2.14 bits per heavy atom. The van der Waals surface area contributed by atoms with E-state index in [-0.39, 0.29) is 5.91 Å². The van der Waals surface area contributed by atoms with E-state index < -0.39 is 0 Å². The lowest BCUT2D eigenvalue weighted by molar-refractivity contribution is 0.102. The summed E-state index contributed by atoms with van der Waals surface area (Å²) in [5.41, 5.74) is 2.53. The van der Waals surface area contributed by atoms with Crippen molar-refractivity contribution >= 4 is 34.3 Å². The van der Waals surface area contributed by atoms with Crippen LogP contribution < -0.4 is 5.32 Å². The molecule has 3 aromatic rings. The van der Waals surface area contributed by atoms with Crippen LogP contribution in [0.25, 0.3) is 5.69 Å². The molecule has 2 N–H and O–H groups in total. The number of para-hydroxylation sites is 1. The van der Waals surface area contributed by atoms with Gasteiger partial charge in [-0.1, -0.05) is 18.2 Å². The lowest BCUT2D eigenvalue weighted by Crippen LogP contribution is -2.12. The maximum Gasteiger partial charge on any atom is 0.260 e. The van der Waals surface area contributed by atoms with Gasteiger partial charge in [-0.2, -0.15) is 10.2 Å². The highest BCUT2D eigenvalue weighted by Crippen LogP contribution is 2.16. The Bertz CT molecular complexity index is 792. The van der Waals surface area contributed by atoms with E-state index in [1.165, 1.54) is 0 Å². The van der Waals surface area contributed by atoms with Gasteiger partial charge in [0.1, 0.15) is 5.82 Å². The molecule has 0 unspecified atom stereocenters. The van der Waals surface area contributed by atoms with Gasteiger partial charge < -0.3 is 5.32 Å². The molecule has 0 aliphatic heterocycles. The van der Waals surface area contributed by atoms with Gasteiger partial charge in [-0.25, -0.2) is 4.68 Å². The predicted molar refractivity (Wildman–Crippen MR) is 87.6 cm³/mol. The van der Waals surface area contributed by atoms with Gasteiger partial charge in [0, 0.05) is 6.20 Å². The van der Waals surface area contributed by atoms with E-state index >= 15 is 0 Å². The van der Waals surface area contributed by atoms with Crippen molar-refractivity contribution < 1.29 is 4.79 Å². The molecule has 0 radical (unpaired) electrons. The Hall–Kier alpha value is -2.16. The monoisotopic (exact) mass is 393 g/mol. The van der Waals surface area contributed by atoms with Crippen LogP contribution in [0.15, 0.2) is 42.9 Å². The molecule has 106 valence electrons. The Labute approximate surface area is 134 Å². The Kier molecular flexibility index (Phi) is 3.74. The van der Waals surface area contributed by atoms with Gasteiger partial charge in [-0.3, -0.25) is 9.89 Å². The van der Waals surface area contributed by atoms with Crippen LogP contribution in [0, 0.1) is 10.5 Å². The van der Waals surface area contributed by atoms with Crippen LogP contribution in [0.2, 0.25) is 0 Å². The lowest BCUT2D eigenvalue weighted by atomic mass is 10.2. The molecule has 2 aromatic heterocycles. The summed E-state index contributed by atoms with van der Waals surface area (Å²) in [5.74, 6) is 0.362. The van der Waals surface area contributed by atoms with Crippen LogP contribution in [-0.2, 0) is 0 Å². The molecular formula is C14H12IN5O. The second-order valence-electron chi connectivity index (χ2n) is 4.51. The summed E-state index contributed by atoms with van der Waals surface area (Å²) in [7, 11) is 0. The van der Waals surface area contributed by atoms with E-state index in [2.05, 4.69) is 43.2 Å². The molecule has 1 aromatic carbocycles. The topological polar surface area (TPSA) is 75.6 Å². The number of aryl methyl sites for hydroxylation is 1. The maximum absolute atomic E-state index is 12.2. The molecule has 0 aliphatic rings. The number of aromatic amines is 1. The number of hydrogen-bond acceptors (Lipinski definition) is 3. The van der Waals surface area contributed by atoms with Crippen LogP contribution in [0.3, 0.4) is 0 Å². The predicted octanol–water partition coefficient (Wildman–Crippen LogP) is 2.76. The number of aromatic nitrogens is 4. The fourth-order valence-electron chi connectivity index (χ4n) is 1.94. The molecular weight excluding hydrogens is 381 g/mol. The van der Waals surface area contributed by atoms with Gasteiger partial charge in [0.25, 0.3) is 5.91 Å². The summed E-state index contributed by atoms with van der Waals surface area (Å²) in [6.07, 6.45) is 4.90. The summed E-state index contributed by atoms with van der Waals surface area (Å²) in [5, 5.41) is 13.6. The lowest BCUT2D eigenvalue weighted by Gasteiger charge is -2.04. The fourth-order valence-corrected chi connectivity index (χ4v) is 2.33. The molecule has 0 spiro atoms. The zero-order valence-electron chi connectivity index (χ0n) is 11.2. The number of carbonyl (C=O) groups is 1. The minimum Gasteiger partial charge on any atom is -0.306 e. The Morgan fingerprint density at radius 3 is 2.86 bits per heavy atom. The quantitative estimate of drug-likeness (QED) is 0.672. The first-order chi connectivity index (χ1) is 10.1. The number of nitrogens with one attached hydrogen (secondary N) is 2. The number of rotatable bonds is 3. The standard InChI is InChI=1S/C14H12IN5O/c1-9-4-2-3-5-12(9)20-8-10(6-17-20)14(21)18-13-11(15)7-16-19-13/h2-8H,1H3,(H2,16,18,19,21). The molecule has 0 saturated carbocycles. The first-order valence-corrected chi connectivity index (χ1v) is 7.34.